The van der Waals surface area contributed by atoms with Gasteiger partial charge in [0.15, 0.2) is 0 Å². The monoisotopic (exact) mass is 368 g/mol. The number of ether oxygens (including phenoxy) is 1. The highest BCUT2D eigenvalue weighted by molar-refractivity contribution is 5.95. The number of aromatic amines is 1. The Labute approximate surface area is 157 Å². The van der Waals surface area contributed by atoms with Crippen LogP contribution in [0.4, 0.5) is 11.6 Å². The first-order chi connectivity index (χ1) is 12.8. The fraction of sp³-hybridized carbons (Fsp3) is 0.350. The third-order valence-corrected chi connectivity index (χ3v) is 4.72. The lowest BCUT2D eigenvalue weighted by atomic mass is 9.81. The number of hydrogen-bond donors (Lipinski definition) is 3. The lowest BCUT2D eigenvalue weighted by Crippen LogP contribution is -2.29. The summed E-state index contributed by atoms with van der Waals surface area (Å²) in [7, 11) is 0. The second-order valence-electron chi connectivity index (χ2n) is 6.86. The Balaban J connectivity index is 2.22. The molecule has 4 N–H and O–H groups in total. The number of allylic oxidation sites excluding steroid dienone is 1. The molecule has 2 aromatic rings. The first-order valence-corrected chi connectivity index (χ1v) is 8.97. The van der Waals surface area contributed by atoms with Gasteiger partial charge in [0.05, 0.1) is 18.1 Å². The van der Waals surface area contributed by atoms with Gasteiger partial charge >= 0.3 is 11.7 Å². The van der Waals surface area contributed by atoms with E-state index in [1.807, 2.05) is 24.3 Å². The highest BCUT2D eigenvalue weighted by Gasteiger charge is 2.36. The maximum atomic E-state index is 12.7. The molecule has 1 atom stereocenters. The number of nitrogens with two attached hydrogens (primary N) is 1. The molecule has 1 aliphatic rings. The van der Waals surface area contributed by atoms with Crippen molar-refractivity contribution in [2.24, 2.45) is 0 Å². The van der Waals surface area contributed by atoms with Crippen LogP contribution in [-0.4, -0.2) is 22.5 Å². The zero-order valence-corrected chi connectivity index (χ0v) is 15.9. The number of nitrogens with zero attached hydrogens (tertiary/aromatic N) is 1. The Morgan fingerprint density at radius 3 is 2.56 bits per heavy atom. The number of benzene rings is 1. The Kier molecular flexibility index (Phi) is 5.03. The minimum Gasteiger partial charge on any atom is -0.463 e. The number of H-pyrrole nitrogens is 1. The van der Waals surface area contributed by atoms with Gasteiger partial charge in [0.2, 0.25) is 0 Å². The van der Waals surface area contributed by atoms with Crippen LogP contribution >= 0.6 is 0 Å². The average Bonchev–Trinajstić information content (AvgIpc) is 2.60. The number of esters is 1. The molecule has 1 unspecified atom stereocenters. The van der Waals surface area contributed by atoms with E-state index in [1.165, 1.54) is 5.56 Å². The maximum Gasteiger partial charge on any atom is 0.348 e. The quantitative estimate of drug-likeness (QED) is 0.716. The van der Waals surface area contributed by atoms with Crippen LogP contribution in [0, 0.1) is 0 Å². The fourth-order valence-electron chi connectivity index (χ4n) is 3.38. The van der Waals surface area contributed by atoms with E-state index >= 15 is 0 Å². The third-order valence-electron chi connectivity index (χ3n) is 4.72. The van der Waals surface area contributed by atoms with Gasteiger partial charge in [-0.1, -0.05) is 38.1 Å². The topological polar surface area (TPSA) is 110 Å². The smallest absolute Gasteiger partial charge is 0.348 e. The largest absolute Gasteiger partial charge is 0.463 e. The van der Waals surface area contributed by atoms with Crippen molar-refractivity contribution in [3.05, 3.63) is 62.7 Å². The third kappa shape index (κ3) is 3.45. The van der Waals surface area contributed by atoms with Crippen molar-refractivity contribution >= 4 is 17.6 Å². The number of carbonyl (C=O) groups excluding carboxylic acids is 1. The molecule has 0 saturated heterocycles. The Hall–Kier alpha value is -3.09. The van der Waals surface area contributed by atoms with Gasteiger partial charge in [0.1, 0.15) is 11.6 Å². The lowest BCUT2D eigenvalue weighted by molar-refractivity contribution is -0.138. The van der Waals surface area contributed by atoms with Gasteiger partial charge in [0, 0.05) is 11.3 Å². The number of aromatic nitrogens is 2. The van der Waals surface area contributed by atoms with Gasteiger partial charge in [-0.2, -0.15) is 4.98 Å². The predicted octanol–water partition coefficient (Wildman–Crippen LogP) is 2.87. The molecule has 7 nitrogen and oxygen atoms in total. The molecule has 0 spiro atoms. The van der Waals surface area contributed by atoms with Gasteiger partial charge in [-0.15, -0.1) is 0 Å². The summed E-state index contributed by atoms with van der Waals surface area (Å²) in [6, 6.07) is 8.03. The molecular formula is C20H24N4O3. The van der Waals surface area contributed by atoms with Crippen molar-refractivity contribution in [1.82, 2.24) is 9.97 Å². The van der Waals surface area contributed by atoms with Gasteiger partial charge in [0.25, 0.3) is 0 Å². The highest BCUT2D eigenvalue weighted by atomic mass is 16.5. The normalized spacial score (nSPS) is 16.1. The molecule has 0 saturated carbocycles. The van der Waals surface area contributed by atoms with Crippen molar-refractivity contribution in [2.75, 3.05) is 17.7 Å². The molecule has 0 aliphatic carbocycles. The van der Waals surface area contributed by atoms with Crippen LogP contribution in [0.25, 0.3) is 0 Å². The fourth-order valence-corrected chi connectivity index (χ4v) is 3.38. The predicted molar refractivity (Wildman–Crippen MR) is 105 cm³/mol. The Morgan fingerprint density at radius 2 is 1.96 bits per heavy atom. The molecular weight excluding hydrogens is 344 g/mol. The van der Waals surface area contributed by atoms with Crippen molar-refractivity contribution in [3.63, 3.8) is 0 Å². The zero-order chi connectivity index (χ0) is 19.7. The van der Waals surface area contributed by atoms with Gasteiger partial charge in [-0.05, 0) is 30.9 Å². The van der Waals surface area contributed by atoms with Crippen LogP contribution in [0.3, 0.4) is 0 Å². The standard InChI is InChI=1S/C20H24N4O3/c1-5-27-19(25)14-11(4)22-18-16(17(21)23-20(26)24-18)15(14)13-8-6-12(7-9-13)10(2)3/h6-10,15H,5H2,1-4H3,(H4,21,22,23,24,26). The Morgan fingerprint density at radius 1 is 1.30 bits per heavy atom. The summed E-state index contributed by atoms with van der Waals surface area (Å²) in [4.78, 5) is 31.0. The number of anilines is 2. The summed E-state index contributed by atoms with van der Waals surface area (Å²) in [5.41, 5.74) is 9.28. The van der Waals surface area contributed by atoms with Crippen LogP contribution in [-0.2, 0) is 9.53 Å². The zero-order valence-electron chi connectivity index (χ0n) is 15.9. The summed E-state index contributed by atoms with van der Waals surface area (Å²) < 4.78 is 5.27. The van der Waals surface area contributed by atoms with Gasteiger partial charge < -0.3 is 15.8 Å². The first kappa shape index (κ1) is 18.7. The van der Waals surface area contributed by atoms with E-state index in [2.05, 4.69) is 29.1 Å². The van der Waals surface area contributed by atoms with Crippen molar-refractivity contribution < 1.29 is 9.53 Å². The van der Waals surface area contributed by atoms with E-state index < -0.39 is 17.6 Å². The molecule has 0 fully saturated rings. The number of nitrogens with one attached hydrogen (secondary N) is 2. The van der Waals surface area contributed by atoms with E-state index in [4.69, 9.17) is 10.5 Å². The number of rotatable bonds is 4. The van der Waals surface area contributed by atoms with Crippen LogP contribution < -0.4 is 16.7 Å². The van der Waals surface area contributed by atoms with Gasteiger partial charge in [-0.3, -0.25) is 4.98 Å². The Bertz CT molecular complexity index is 958. The first-order valence-electron chi connectivity index (χ1n) is 8.97. The maximum absolute atomic E-state index is 12.7. The van der Waals surface area contributed by atoms with Crippen LogP contribution in [0.15, 0.2) is 40.3 Å². The van der Waals surface area contributed by atoms with E-state index in [-0.39, 0.29) is 12.4 Å². The average molecular weight is 368 g/mol. The molecule has 1 aromatic heterocycles. The van der Waals surface area contributed by atoms with Crippen molar-refractivity contribution in [3.8, 4) is 0 Å². The molecule has 0 radical (unpaired) electrons. The minimum atomic E-state index is -0.542. The minimum absolute atomic E-state index is 0.185. The molecule has 1 aromatic carbocycles. The van der Waals surface area contributed by atoms with Crippen LogP contribution in [0.2, 0.25) is 0 Å². The molecule has 1 aliphatic heterocycles. The molecule has 7 heteroatoms. The molecule has 3 rings (SSSR count). The molecule has 142 valence electrons. The molecule has 2 heterocycles. The van der Waals surface area contributed by atoms with Gasteiger partial charge in [-0.25, -0.2) is 9.59 Å². The molecule has 0 amide bonds. The number of carbonyl (C=O) groups is 1. The summed E-state index contributed by atoms with van der Waals surface area (Å²) >= 11 is 0. The highest BCUT2D eigenvalue weighted by Crippen LogP contribution is 2.43. The van der Waals surface area contributed by atoms with E-state index in [0.717, 1.165) is 5.56 Å². The lowest BCUT2D eigenvalue weighted by Gasteiger charge is -2.30. The van der Waals surface area contributed by atoms with Crippen LogP contribution in [0.5, 0.6) is 0 Å². The summed E-state index contributed by atoms with van der Waals surface area (Å²) in [5, 5.41) is 3.03. The molecule has 27 heavy (non-hydrogen) atoms. The number of hydrogen-bond acceptors (Lipinski definition) is 6. The summed E-state index contributed by atoms with van der Waals surface area (Å²) in [6.45, 7) is 8.04. The van der Waals surface area contributed by atoms with Crippen molar-refractivity contribution in [1.29, 1.82) is 0 Å². The number of nitrogen functional groups attached to an aromatic ring is 1. The van der Waals surface area contributed by atoms with Crippen LogP contribution in [0.1, 0.15) is 56.2 Å². The molecule has 0 bridgehead atoms. The summed E-state index contributed by atoms with van der Waals surface area (Å²) in [5.74, 6) is 0.0382. The second-order valence-corrected chi connectivity index (χ2v) is 6.86. The van der Waals surface area contributed by atoms with E-state index in [9.17, 15) is 9.59 Å². The second kappa shape index (κ2) is 7.26. The SMILES string of the molecule is CCOC(=O)C1=C(C)Nc2nc(=O)[nH]c(N)c2C1c1ccc(C(C)C)cc1. The van der Waals surface area contributed by atoms with E-state index in [0.29, 0.717) is 28.6 Å². The van der Waals surface area contributed by atoms with E-state index in [1.54, 1.807) is 13.8 Å². The van der Waals surface area contributed by atoms with Crippen molar-refractivity contribution in [2.45, 2.75) is 39.5 Å². The number of fused-ring (bicyclic) bond motifs is 1. The summed E-state index contributed by atoms with van der Waals surface area (Å²) in [6.07, 6.45) is 0.